The van der Waals surface area contributed by atoms with E-state index in [1.807, 2.05) is 0 Å². The third kappa shape index (κ3) is 3.67. The van der Waals surface area contributed by atoms with Gasteiger partial charge in [0.25, 0.3) is 6.36 Å². The zero-order valence-corrected chi connectivity index (χ0v) is 11.6. The van der Waals surface area contributed by atoms with Crippen LogP contribution in [0, 0.1) is 0 Å². The van der Waals surface area contributed by atoms with Crippen LogP contribution in [-0.4, -0.2) is 28.8 Å². The highest BCUT2D eigenvalue weighted by Gasteiger charge is 2.23. The molecule has 22 heavy (non-hydrogen) atoms. The largest absolute Gasteiger partial charge is 0.477 e. The number of carbonyl (C=O) groups is 1. The summed E-state index contributed by atoms with van der Waals surface area (Å²) in [7, 11) is 0. The molecule has 1 aromatic carbocycles. The monoisotopic (exact) mass is 331 g/mol. The van der Waals surface area contributed by atoms with Crippen molar-refractivity contribution in [1.82, 2.24) is 4.98 Å². The van der Waals surface area contributed by atoms with Gasteiger partial charge in [0.05, 0.1) is 0 Å². The first-order chi connectivity index (χ1) is 10.4. The molecule has 1 heterocycles. The van der Waals surface area contributed by atoms with E-state index in [0.717, 1.165) is 12.1 Å². The molecule has 0 spiro atoms. The Morgan fingerprint density at radius 2 is 1.77 bits per heavy atom. The Bertz CT molecular complexity index is 680. The number of aromatic carboxylic acids is 1. The number of nitrogens with zero attached hydrogens (tertiary/aromatic N) is 1. The van der Waals surface area contributed by atoms with Crippen molar-refractivity contribution in [1.29, 1.82) is 0 Å². The molecule has 2 rings (SSSR count). The van der Waals surface area contributed by atoms with Gasteiger partial charge in [0.1, 0.15) is 17.1 Å². The third-order valence-corrected chi connectivity index (χ3v) is 2.88. The average molecular weight is 332 g/mol. The van der Waals surface area contributed by atoms with Gasteiger partial charge in [-0.05, 0) is 24.3 Å². The molecule has 2 aromatic rings. The van der Waals surface area contributed by atoms with Crippen molar-refractivity contribution in [3.8, 4) is 17.0 Å². The summed E-state index contributed by atoms with van der Waals surface area (Å²) in [6.45, 7) is 0. The Morgan fingerprint density at radius 3 is 2.32 bits per heavy atom. The highest BCUT2D eigenvalue weighted by atomic mass is 35.5. The summed E-state index contributed by atoms with van der Waals surface area (Å²) in [5, 5.41) is 9.36. The van der Waals surface area contributed by atoms with Crippen LogP contribution in [0.1, 0.15) is 10.5 Å². The molecule has 8 heteroatoms. The highest BCUT2D eigenvalue weighted by molar-refractivity contribution is 6.30. The number of halogens is 4. The number of rotatable bonds is 5. The van der Waals surface area contributed by atoms with E-state index in [-0.39, 0.29) is 17.1 Å². The van der Waals surface area contributed by atoms with E-state index in [9.17, 15) is 18.0 Å². The minimum absolute atomic E-state index is 0.0696. The van der Waals surface area contributed by atoms with Crippen molar-refractivity contribution in [2.75, 3.05) is 0 Å². The maximum Gasteiger partial charge on any atom is 0.354 e. The molecule has 0 amide bonds. The first-order valence-electron chi connectivity index (χ1n) is 5.97. The van der Waals surface area contributed by atoms with Crippen LogP contribution in [0.15, 0.2) is 36.4 Å². The van der Waals surface area contributed by atoms with E-state index in [1.54, 1.807) is 0 Å². The molecule has 116 valence electrons. The maximum atomic E-state index is 13.1. The van der Waals surface area contributed by atoms with Crippen molar-refractivity contribution >= 4 is 17.6 Å². The molecule has 1 N–H and O–H groups in total. The third-order valence-electron chi connectivity index (χ3n) is 2.63. The Kier molecular flexibility index (Phi) is 4.87. The van der Waals surface area contributed by atoms with Crippen LogP contribution >= 0.6 is 11.6 Å². The summed E-state index contributed by atoms with van der Waals surface area (Å²) in [6, 6.07) is 8.08. The van der Waals surface area contributed by atoms with Crippen LogP contribution < -0.4 is 4.74 Å². The lowest BCUT2D eigenvalue weighted by atomic mass is 10.1. The quantitative estimate of drug-likeness (QED) is 0.898. The van der Waals surface area contributed by atoms with E-state index in [0.29, 0.717) is 10.6 Å². The van der Waals surface area contributed by atoms with Gasteiger partial charge in [0, 0.05) is 10.6 Å². The van der Waals surface area contributed by atoms with Crippen LogP contribution in [-0.2, 0) is 0 Å². The normalized spacial score (nSPS) is 12.2. The smallest absolute Gasteiger partial charge is 0.354 e. The van der Waals surface area contributed by atoms with Crippen LogP contribution in [0.25, 0.3) is 11.3 Å². The highest BCUT2D eigenvalue weighted by Crippen LogP contribution is 2.31. The summed E-state index contributed by atoms with van der Waals surface area (Å²) in [4.78, 5) is 14.8. The van der Waals surface area contributed by atoms with Crippen LogP contribution in [0.3, 0.4) is 0 Å². The first-order valence-corrected chi connectivity index (χ1v) is 6.35. The summed E-state index contributed by atoms with van der Waals surface area (Å²) in [6.07, 6.45) is -6.18. The zero-order valence-electron chi connectivity index (χ0n) is 10.8. The topological polar surface area (TPSA) is 59.4 Å². The van der Waals surface area contributed by atoms with Crippen LogP contribution in [0.4, 0.5) is 13.2 Å². The van der Waals surface area contributed by atoms with Gasteiger partial charge in [0.15, 0.2) is 0 Å². The van der Waals surface area contributed by atoms with E-state index in [1.165, 1.54) is 24.3 Å². The van der Waals surface area contributed by atoms with Gasteiger partial charge in [-0.15, -0.1) is 0 Å². The fourth-order valence-electron chi connectivity index (χ4n) is 1.65. The number of hydrogen-bond acceptors (Lipinski definition) is 3. The number of benzene rings is 1. The van der Waals surface area contributed by atoms with Crippen molar-refractivity contribution in [2.45, 2.75) is 12.8 Å². The minimum Gasteiger partial charge on any atom is -0.477 e. The predicted octanol–water partition coefficient (Wildman–Crippen LogP) is 4.04. The van der Waals surface area contributed by atoms with Gasteiger partial charge < -0.3 is 9.84 Å². The van der Waals surface area contributed by atoms with Gasteiger partial charge in [-0.2, -0.15) is 4.39 Å². The molecule has 0 saturated heterocycles. The molecule has 0 fully saturated rings. The summed E-state index contributed by atoms with van der Waals surface area (Å²) in [5.74, 6) is -1.60. The maximum absolute atomic E-state index is 13.1. The average Bonchev–Trinajstić information content (AvgIpc) is 2.48. The summed E-state index contributed by atoms with van der Waals surface area (Å²) >= 11 is 5.74. The van der Waals surface area contributed by atoms with Crippen molar-refractivity contribution in [3.05, 3.63) is 47.1 Å². The molecule has 0 aliphatic carbocycles. The Balaban J connectivity index is 2.48. The zero-order chi connectivity index (χ0) is 16.3. The molecule has 0 saturated carbocycles. The number of aromatic nitrogens is 1. The summed E-state index contributed by atoms with van der Waals surface area (Å²) in [5.41, 5.74) is -0.0476. The summed E-state index contributed by atoms with van der Waals surface area (Å²) < 4.78 is 42.2. The van der Waals surface area contributed by atoms with Crippen LogP contribution in [0.2, 0.25) is 5.02 Å². The molecule has 0 bridgehead atoms. The fourth-order valence-corrected chi connectivity index (χ4v) is 1.77. The van der Waals surface area contributed by atoms with E-state index in [2.05, 4.69) is 9.72 Å². The van der Waals surface area contributed by atoms with Gasteiger partial charge in [-0.3, -0.25) is 0 Å². The van der Waals surface area contributed by atoms with E-state index in [4.69, 9.17) is 16.7 Å². The van der Waals surface area contributed by atoms with Crippen LogP contribution in [0.5, 0.6) is 5.75 Å². The second kappa shape index (κ2) is 6.65. The Morgan fingerprint density at radius 1 is 1.14 bits per heavy atom. The molecule has 0 radical (unpaired) electrons. The van der Waals surface area contributed by atoms with Gasteiger partial charge in [-0.25, -0.2) is 18.6 Å². The second-order valence-corrected chi connectivity index (χ2v) is 4.60. The second-order valence-electron chi connectivity index (χ2n) is 4.16. The fraction of sp³-hybridized carbons (Fsp3) is 0.143. The minimum atomic E-state index is -3.34. The lowest BCUT2D eigenvalue weighted by Crippen LogP contribution is -2.20. The molecular formula is C14H9ClF3NO3. The first kappa shape index (κ1) is 16.1. The molecule has 1 atom stereocenters. The lowest BCUT2D eigenvalue weighted by Gasteiger charge is -2.14. The molecule has 4 nitrogen and oxygen atoms in total. The van der Waals surface area contributed by atoms with Gasteiger partial charge >= 0.3 is 12.4 Å². The van der Waals surface area contributed by atoms with Crippen molar-refractivity contribution in [2.24, 2.45) is 0 Å². The number of alkyl halides is 3. The number of carboxylic acid groups (broad SMARTS) is 1. The SMILES string of the molecule is O=C(O)c1ccc(OC(F)C(F)F)c(-c2ccc(Cl)cc2)n1. The molecule has 1 unspecified atom stereocenters. The molecular weight excluding hydrogens is 323 g/mol. The molecule has 0 aliphatic heterocycles. The predicted molar refractivity (Wildman–Crippen MR) is 73.2 cm³/mol. The Hall–Kier alpha value is -2.28. The van der Waals surface area contributed by atoms with E-state index < -0.39 is 18.8 Å². The van der Waals surface area contributed by atoms with E-state index >= 15 is 0 Å². The number of ether oxygens (including phenoxy) is 1. The Labute approximate surface area is 128 Å². The number of carboxylic acids is 1. The molecule has 0 aliphatic rings. The lowest BCUT2D eigenvalue weighted by molar-refractivity contribution is -0.0667. The number of hydrogen-bond donors (Lipinski definition) is 1. The van der Waals surface area contributed by atoms with Gasteiger partial charge in [0.2, 0.25) is 0 Å². The standard InChI is InChI=1S/C14H9ClF3NO3/c15-8-3-1-7(2-4-8)11-10(22-13(18)12(16)17)6-5-9(19-11)14(20)21/h1-6,12-13H,(H,20,21). The number of pyridine rings is 1. The van der Waals surface area contributed by atoms with Gasteiger partial charge in [-0.1, -0.05) is 23.7 Å². The van der Waals surface area contributed by atoms with Crippen molar-refractivity contribution < 1.29 is 27.8 Å². The molecule has 1 aromatic heterocycles. The van der Waals surface area contributed by atoms with Crippen molar-refractivity contribution in [3.63, 3.8) is 0 Å².